The summed E-state index contributed by atoms with van der Waals surface area (Å²) in [6.45, 7) is 12.5. The van der Waals surface area contributed by atoms with Gasteiger partial charge in [-0.15, -0.1) is 0 Å². The Morgan fingerprint density at radius 2 is 1.52 bits per heavy atom. The molecule has 0 bridgehead atoms. The van der Waals surface area contributed by atoms with Gasteiger partial charge in [0, 0.05) is 81.3 Å². The zero-order valence-corrected chi connectivity index (χ0v) is 30.0. The molecule has 0 radical (unpaired) electrons. The van der Waals surface area contributed by atoms with Gasteiger partial charge in [-0.1, -0.05) is 12.1 Å². The van der Waals surface area contributed by atoms with E-state index in [1.807, 2.05) is 37.3 Å². The van der Waals surface area contributed by atoms with Crippen molar-refractivity contribution in [2.24, 2.45) is 0 Å². The number of rotatable bonds is 5. The van der Waals surface area contributed by atoms with Gasteiger partial charge in [0.05, 0.1) is 21.9 Å². The molecule has 1 N–H and O–H groups in total. The van der Waals surface area contributed by atoms with E-state index in [0.717, 1.165) is 85.5 Å². The highest BCUT2D eigenvalue weighted by Crippen LogP contribution is 2.34. The van der Waals surface area contributed by atoms with E-state index in [1.54, 1.807) is 4.90 Å². The molecule has 4 aliphatic rings. The molecule has 9 rings (SSSR count). The molecule has 1 atom stereocenters. The Balaban J connectivity index is 0.863. The van der Waals surface area contributed by atoms with E-state index >= 15 is 0 Å². The number of amides is 3. The van der Waals surface area contributed by atoms with Crippen LogP contribution in [0.4, 0.5) is 11.4 Å². The predicted molar refractivity (Wildman–Crippen MR) is 201 cm³/mol. The number of carbonyl (C=O) groups is 3. The maximum Gasteiger partial charge on any atom is 0.282 e. The van der Waals surface area contributed by atoms with Crippen LogP contribution >= 0.6 is 0 Å². The smallest absolute Gasteiger partial charge is 0.282 e. The molecule has 52 heavy (non-hydrogen) atoms. The first-order valence-corrected chi connectivity index (χ1v) is 18.6. The van der Waals surface area contributed by atoms with Gasteiger partial charge in [0.25, 0.3) is 11.5 Å². The molecule has 0 aliphatic carbocycles. The topological polar surface area (TPSA) is 116 Å². The number of piperidine rings is 2. The molecule has 3 amide bonds. The number of nitrogens with zero attached hydrogens (tertiary/aromatic N) is 7. The zero-order chi connectivity index (χ0) is 35.8. The van der Waals surface area contributed by atoms with E-state index in [0.29, 0.717) is 35.7 Å². The van der Waals surface area contributed by atoms with Crippen LogP contribution in [-0.2, 0) is 16.1 Å². The van der Waals surface area contributed by atoms with Crippen LogP contribution in [0.2, 0.25) is 0 Å². The number of imide groups is 1. The number of fused-ring (bicyclic) bond motifs is 6. The monoisotopic (exact) mass is 700 g/mol. The molecule has 0 spiro atoms. The minimum atomic E-state index is -0.597. The largest absolute Gasteiger partial charge is 0.371 e. The van der Waals surface area contributed by atoms with Crippen LogP contribution in [0.5, 0.6) is 0 Å². The third-order valence-electron chi connectivity index (χ3n) is 11.8. The Kier molecular flexibility index (Phi) is 7.83. The number of aromatic nitrogens is 3. The first kappa shape index (κ1) is 32.7. The first-order valence-electron chi connectivity index (χ1n) is 18.6. The van der Waals surface area contributed by atoms with Crippen LogP contribution in [-0.4, -0.2) is 92.8 Å². The second-order valence-corrected chi connectivity index (χ2v) is 15.1. The van der Waals surface area contributed by atoms with Crippen LogP contribution in [0.25, 0.3) is 27.7 Å². The number of hydrogen-bond acceptors (Lipinski definition) is 8. The number of carbonyl (C=O) groups excluding carboxylic acids is 3. The van der Waals surface area contributed by atoms with Gasteiger partial charge in [-0.05, 0) is 93.6 Å². The molecule has 3 aromatic carbocycles. The maximum absolute atomic E-state index is 13.2. The van der Waals surface area contributed by atoms with E-state index < -0.39 is 6.04 Å². The number of imidazole rings is 1. The second kappa shape index (κ2) is 12.5. The normalized spacial score (nSPS) is 20.6. The Labute approximate surface area is 301 Å². The molecular weight excluding hydrogens is 656 g/mol. The van der Waals surface area contributed by atoms with E-state index in [-0.39, 0.29) is 35.7 Å². The maximum atomic E-state index is 13.2. The molecule has 4 aliphatic heterocycles. The lowest BCUT2D eigenvalue weighted by Gasteiger charge is -2.44. The average Bonchev–Trinajstić information content (AvgIpc) is 3.65. The Hall–Kier alpha value is -5.23. The number of benzene rings is 3. The highest BCUT2D eigenvalue weighted by atomic mass is 16.2. The van der Waals surface area contributed by atoms with Gasteiger partial charge in [-0.2, -0.15) is 4.98 Å². The average molecular weight is 701 g/mol. The van der Waals surface area contributed by atoms with Gasteiger partial charge in [0.1, 0.15) is 6.04 Å². The number of piperazine rings is 1. The fourth-order valence-corrected chi connectivity index (χ4v) is 9.12. The van der Waals surface area contributed by atoms with Crippen molar-refractivity contribution in [1.29, 1.82) is 0 Å². The van der Waals surface area contributed by atoms with Crippen molar-refractivity contribution < 1.29 is 14.4 Å². The molecule has 2 aromatic heterocycles. The standard InChI is InChI=1S/C40H44N8O4/c1-24(2)47-34-22-29(8-10-31(34)48-32-6-4-5-25(3)36(32)38(51)42-40(47)48)43-15-13-27(14-16-43)44-17-19-45(20-18-44)28-7-9-30-26(21-28)23-46(39(30)52)33-11-12-35(49)41-37(33)50/h4-10,21-22,24,27,33H,11-20,23H2,1-3H3,(H,41,49,50). The van der Waals surface area contributed by atoms with Gasteiger partial charge >= 0.3 is 0 Å². The summed E-state index contributed by atoms with van der Waals surface area (Å²) < 4.78 is 4.34. The van der Waals surface area contributed by atoms with Crippen molar-refractivity contribution in [2.75, 3.05) is 49.1 Å². The minimum Gasteiger partial charge on any atom is -0.371 e. The molecule has 1 unspecified atom stereocenters. The Bertz CT molecular complexity index is 2350. The minimum absolute atomic E-state index is 0.133. The van der Waals surface area contributed by atoms with Crippen molar-refractivity contribution in [3.63, 3.8) is 0 Å². The van der Waals surface area contributed by atoms with Crippen LogP contribution in [0.3, 0.4) is 0 Å². The van der Waals surface area contributed by atoms with Gasteiger partial charge in [-0.25, -0.2) is 0 Å². The summed E-state index contributed by atoms with van der Waals surface area (Å²) in [6.07, 6.45) is 2.82. The molecule has 3 saturated heterocycles. The summed E-state index contributed by atoms with van der Waals surface area (Å²) in [4.78, 5) is 64.2. The predicted octanol–water partition coefficient (Wildman–Crippen LogP) is 4.24. The van der Waals surface area contributed by atoms with Crippen molar-refractivity contribution >= 4 is 56.8 Å². The molecule has 5 aromatic rings. The number of hydrogen-bond donors (Lipinski definition) is 1. The van der Waals surface area contributed by atoms with Gasteiger partial charge in [0.2, 0.25) is 17.6 Å². The van der Waals surface area contributed by atoms with Crippen molar-refractivity contribution in [2.45, 2.75) is 71.1 Å². The number of aryl methyl sites for hydroxylation is 1. The summed E-state index contributed by atoms with van der Waals surface area (Å²) in [5.41, 5.74) is 7.73. The van der Waals surface area contributed by atoms with E-state index in [4.69, 9.17) is 0 Å². The van der Waals surface area contributed by atoms with Crippen molar-refractivity contribution in [1.82, 2.24) is 29.1 Å². The SMILES string of the molecule is Cc1cccc2c1c(=O)nc1n(C(C)C)c3cc(N4CCC(N5CCN(c6ccc7c(c6)CN(C6CCC(=O)NC6=O)C7=O)CC5)CC4)ccc3n21. The fourth-order valence-electron chi connectivity index (χ4n) is 9.12. The summed E-state index contributed by atoms with van der Waals surface area (Å²) in [7, 11) is 0. The third-order valence-corrected chi connectivity index (χ3v) is 11.8. The number of nitrogens with one attached hydrogen (secondary N) is 1. The molecule has 0 saturated carbocycles. The van der Waals surface area contributed by atoms with E-state index in [2.05, 4.69) is 72.1 Å². The third kappa shape index (κ3) is 5.25. The molecule has 6 heterocycles. The lowest BCUT2D eigenvalue weighted by atomic mass is 10.0. The second-order valence-electron chi connectivity index (χ2n) is 15.1. The summed E-state index contributed by atoms with van der Waals surface area (Å²) in [5.74, 6) is -0.0996. The summed E-state index contributed by atoms with van der Waals surface area (Å²) in [5, 5.41) is 3.06. The van der Waals surface area contributed by atoms with Crippen molar-refractivity contribution in [3.05, 3.63) is 81.6 Å². The van der Waals surface area contributed by atoms with E-state index in [1.165, 1.54) is 5.69 Å². The lowest BCUT2D eigenvalue weighted by Crippen LogP contribution is -2.53. The van der Waals surface area contributed by atoms with Gasteiger partial charge in [-0.3, -0.25) is 33.8 Å². The Morgan fingerprint density at radius 3 is 2.27 bits per heavy atom. The molecule has 12 heteroatoms. The summed E-state index contributed by atoms with van der Waals surface area (Å²) in [6, 6.07) is 18.8. The van der Waals surface area contributed by atoms with Crippen LogP contribution in [0.15, 0.2) is 59.4 Å². The highest BCUT2D eigenvalue weighted by molar-refractivity contribution is 6.05. The first-order chi connectivity index (χ1) is 25.2. The van der Waals surface area contributed by atoms with Crippen LogP contribution in [0, 0.1) is 6.92 Å². The Morgan fingerprint density at radius 1 is 0.788 bits per heavy atom. The van der Waals surface area contributed by atoms with Crippen LogP contribution in [0.1, 0.15) is 67.1 Å². The molecule has 12 nitrogen and oxygen atoms in total. The zero-order valence-electron chi connectivity index (χ0n) is 30.0. The van der Waals surface area contributed by atoms with E-state index in [9.17, 15) is 19.2 Å². The van der Waals surface area contributed by atoms with Gasteiger partial charge in [0.15, 0.2) is 0 Å². The van der Waals surface area contributed by atoms with Crippen molar-refractivity contribution in [3.8, 4) is 0 Å². The molecule has 3 fully saturated rings. The highest BCUT2D eigenvalue weighted by Gasteiger charge is 2.39. The lowest BCUT2D eigenvalue weighted by molar-refractivity contribution is -0.136. The fraction of sp³-hybridized carbons (Fsp3) is 0.425. The van der Waals surface area contributed by atoms with Gasteiger partial charge < -0.3 is 19.3 Å². The number of anilines is 2. The quantitative estimate of drug-likeness (QED) is 0.271. The summed E-state index contributed by atoms with van der Waals surface area (Å²) >= 11 is 0. The van der Waals surface area contributed by atoms with Crippen LogP contribution < -0.4 is 20.7 Å². The molecule has 268 valence electrons. The molecular formula is C40H44N8O4.